The van der Waals surface area contributed by atoms with Gasteiger partial charge in [-0.25, -0.2) is 0 Å². The van der Waals surface area contributed by atoms with Crippen LogP contribution in [0.1, 0.15) is 25.7 Å². The molecule has 1 rings (SSSR count). The summed E-state index contributed by atoms with van der Waals surface area (Å²) in [6.07, 6.45) is 1.33. The third-order valence-corrected chi connectivity index (χ3v) is 1.56. The molecule has 6 heteroatoms. The molecule has 0 aromatic rings. The van der Waals surface area contributed by atoms with E-state index in [9.17, 15) is 14.4 Å². The Morgan fingerprint density at radius 3 is 2.40 bits per heavy atom. The van der Waals surface area contributed by atoms with E-state index in [0.29, 0.717) is 13.0 Å². The van der Waals surface area contributed by atoms with Crippen LogP contribution in [0.4, 0.5) is 0 Å². The molecule has 86 valence electrons. The van der Waals surface area contributed by atoms with Crippen molar-refractivity contribution in [3.63, 3.8) is 0 Å². The highest BCUT2D eigenvalue weighted by molar-refractivity contribution is 5.76. The number of carbonyl (C=O) groups is 3. The van der Waals surface area contributed by atoms with Crippen LogP contribution >= 0.6 is 0 Å². The number of hydrogen-bond donors (Lipinski definition) is 1. The largest absolute Gasteiger partial charge is 0.481 e. The molecule has 1 heterocycles. The van der Waals surface area contributed by atoms with E-state index in [0.717, 1.165) is 6.42 Å². The Bertz CT molecular complexity index is 227. The van der Waals surface area contributed by atoms with Gasteiger partial charge in [-0.2, -0.15) is 0 Å². The molecule has 0 aromatic heterocycles. The summed E-state index contributed by atoms with van der Waals surface area (Å²) >= 11 is 0. The highest BCUT2D eigenvalue weighted by Gasteiger charge is 2.08. The van der Waals surface area contributed by atoms with Gasteiger partial charge in [0.25, 0.3) is 0 Å². The number of cyclic esters (lactones) is 1. The summed E-state index contributed by atoms with van der Waals surface area (Å²) in [5, 5.41) is 8.05. The van der Waals surface area contributed by atoms with E-state index >= 15 is 0 Å². The van der Waals surface area contributed by atoms with Crippen molar-refractivity contribution in [2.75, 3.05) is 13.7 Å². The molecule has 0 aromatic carbocycles. The second kappa shape index (κ2) is 7.78. The molecule has 0 saturated carbocycles. The zero-order chi connectivity index (χ0) is 11.7. The van der Waals surface area contributed by atoms with Crippen LogP contribution in [-0.2, 0) is 23.9 Å². The van der Waals surface area contributed by atoms with Crippen LogP contribution in [0.3, 0.4) is 0 Å². The first-order chi connectivity index (χ1) is 7.06. The van der Waals surface area contributed by atoms with Gasteiger partial charge in [0.05, 0.1) is 26.6 Å². The van der Waals surface area contributed by atoms with Gasteiger partial charge in [0.2, 0.25) is 0 Å². The fourth-order valence-corrected chi connectivity index (χ4v) is 0.786. The number of carbonyl (C=O) groups excluding carboxylic acids is 2. The lowest BCUT2D eigenvalue weighted by Gasteiger charge is -1.92. The number of hydrogen-bond acceptors (Lipinski definition) is 5. The van der Waals surface area contributed by atoms with Crippen LogP contribution < -0.4 is 0 Å². The van der Waals surface area contributed by atoms with Crippen LogP contribution in [0.2, 0.25) is 0 Å². The number of carboxylic acid groups (broad SMARTS) is 1. The van der Waals surface area contributed by atoms with E-state index in [2.05, 4.69) is 9.47 Å². The van der Waals surface area contributed by atoms with Crippen molar-refractivity contribution in [3.05, 3.63) is 0 Å². The molecule has 1 saturated heterocycles. The first kappa shape index (κ1) is 13.4. The Morgan fingerprint density at radius 1 is 1.47 bits per heavy atom. The van der Waals surface area contributed by atoms with E-state index < -0.39 is 11.9 Å². The quantitative estimate of drug-likeness (QED) is 0.687. The molecular formula is C9H14O6. The first-order valence-corrected chi connectivity index (χ1v) is 4.50. The fraction of sp³-hybridized carbons (Fsp3) is 0.667. The second-order valence-corrected chi connectivity index (χ2v) is 2.79. The summed E-state index contributed by atoms with van der Waals surface area (Å²) in [6.45, 7) is 0.638. The summed E-state index contributed by atoms with van der Waals surface area (Å²) in [5.41, 5.74) is 0. The van der Waals surface area contributed by atoms with Crippen LogP contribution in [0, 0.1) is 0 Å². The third-order valence-electron chi connectivity index (χ3n) is 1.56. The standard InChI is InChI=1S/C5H8O4.C4H6O2/c1-9-5(8)3-2-4(6)7;5-4-2-1-3-6-4/h2-3H2,1H3,(H,6,7);1-3H2. The maximum Gasteiger partial charge on any atom is 0.306 e. The maximum absolute atomic E-state index is 10.2. The van der Waals surface area contributed by atoms with Crippen molar-refractivity contribution in [2.45, 2.75) is 25.7 Å². The van der Waals surface area contributed by atoms with Gasteiger partial charge < -0.3 is 14.6 Å². The lowest BCUT2D eigenvalue weighted by atomic mass is 10.3. The van der Waals surface area contributed by atoms with Gasteiger partial charge in [-0.3, -0.25) is 14.4 Å². The van der Waals surface area contributed by atoms with E-state index in [1.54, 1.807) is 0 Å². The normalized spacial score (nSPS) is 13.5. The van der Waals surface area contributed by atoms with Crippen molar-refractivity contribution >= 4 is 17.9 Å². The molecule has 0 bridgehead atoms. The minimum Gasteiger partial charge on any atom is -0.481 e. The van der Waals surface area contributed by atoms with Gasteiger partial charge in [0.15, 0.2) is 0 Å². The Labute approximate surface area is 87.2 Å². The molecule has 1 aliphatic heterocycles. The smallest absolute Gasteiger partial charge is 0.306 e. The summed E-state index contributed by atoms with van der Waals surface area (Å²) in [7, 11) is 1.23. The summed E-state index contributed by atoms with van der Waals surface area (Å²) in [4.78, 5) is 30.1. The summed E-state index contributed by atoms with van der Waals surface area (Å²) < 4.78 is 8.71. The average molecular weight is 218 g/mol. The van der Waals surface area contributed by atoms with Crippen molar-refractivity contribution < 1.29 is 29.0 Å². The number of methoxy groups -OCH3 is 1. The number of carboxylic acids is 1. The van der Waals surface area contributed by atoms with Crippen molar-refractivity contribution in [1.82, 2.24) is 0 Å². The zero-order valence-corrected chi connectivity index (χ0v) is 8.52. The highest BCUT2D eigenvalue weighted by atomic mass is 16.5. The molecule has 0 atom stereocenters. The monoisotopic (exact) mass is 218 g/mol. The predicted molar refractivity (Wildman–Crippen MR) is 49.1 cm³/mol. The molecule has 0 amide bonds. The van der Waals surface area contributed by atoms with E-state index in [4.69, 9.17) is 5.11 Å². The molecule has 1 fully saturated rings. The van der Waals surface area contributed by atoms with Crippen LogP contribution in [0.15, 0.2) is 0 Å². The number of ether oxygens (including phenoxy) is 2. The second-order valence-electron chi connectivity index (χ2n) is 2.79. The Hall–Kier alpha value is -1.59. The van der Waals surface area contributed by atoms with E-state index in [1.807, 2.05) is 0 Å². The fourth-order valence-electron chi connectivity index (χ4n) is 0.786. The van der Waals surface area contributed by atoms with Gasteiger partial charge in [0, 0.05) is 6.42 Å². The molecule has 0 radical (unpaired) electrons. The highest BCUT2D eigenvalue weighted by Crippen LogP contribution is 2.01. The van der Waals surface area contributed by atoms with Gasteiger partial charge in [-0.05, 0) is 6.42 Å². The van der Waals surface area contributed by atoms with Gasteiger partial charge in [0.1, 0.15) is 0 Å². The molecule has 1 N–H and O–H groups in total. The number of esters is 2. The molecule has 1 aliphatic rings. The first-order valence-electron chi connectivity index (χ1n) is 4.50. The maximum atomic E-state index is 10.2. The van der Waals surface area contributed by atoms with Gasteiger partial charge >= 0.3 is 17.9 Å². The number of rotatable bonds is 3. The molecule has 0 unspecified atom stereocenters. The van der Waals surface area contributed by atoms with Gasteiger partial charge in [-0.15, -0.1) is 0 Å². The minimum atomic E-state index is -0.986. The molecule has 0 aliphatic carbocycles. The van der Waals surface area contributed by atoms with Crippen molar-refractivity contribution in [3.8, 4) is 0 Å². The SMILES string of the molecule is COC(=O)CCC(=O)O.O=C1CCCO1. The molecular weight excluding hydrogens is 204 g/mol. The minimum absolute atomic E-state index is 0.0463. The van der Waals surface area contributed by atoms with E-state index in [1.165, 1.54) is 7.11 Å². The zero-order valence-electron chi connectivity index (χ0n) is 8.52. The van der Waals surface area contributed by atoms with Gasteiger partial charge in [-0.1, -0.05) is 0 Å². The molecule has 15 heavy (non-hydrogen) atoms. The Balaban J connectivity index is 0.000000280. The summed E-state index contributed by atoms with van der Waals surface area (Å²) in [6, 6.07) is 0. The Kier molecular flexibility index (Phi) is 6.96. The van der Waals surface area contributed by atoms with Crippen LogP contribution in [-0.4, -0.2) is 36.7 Å². The molecule has 6 nitrogen and oxygen atoms in total. The van der Waals surface area contributed by atoms with E-state index in [-0.39, 0.29) is 18.8 Å². The third kappa shape index (κ3) is 8.73. The van der Waals surface area contributed by atoms with Crippen molar-refractivity contribution in [2.24, 2.45) is 0 Å². The Morgan fingerprint density at radius 2 is 2.13 bits per heavy atom. The number of aliphatic carboxylic acids is 1. The van der Waals surface area contributed by atoms with Crippen LogP contribution in [0.5, 0.6) is 0 Å². The predicted octanol–water partition coefficient (Wildman–Crippen LogP) is 0.348. The lowest BCUT2D eigenvalue weighted by Crippen LogP contribution is -2.04. The molecule has 0 spiro atoms. The van der Waals surface area contributed by atoms with Crippen LogP contribution in [0.25, 0.3) is 0 Å². The van der Waals surface area contributed by atoms with Crippen molar-refractivity contribution in [1.29, 1.82) is 0 Å². The average Bonchev–Trinajstić information content (AvgIpc) is 2.66. The topological polar surface area (TPSA) is 89.9 Å². The lowest BCUT2D eigenvalue weighted by molar-refractivity contribution is -0.145. The summed E-state index contributed by atoms with van der Waals surface area (Å²) in [5.74, 6) is -1.52.